The molecule has 0 saturated carbocycles. The van der Waals surface area contributed by atoms with E-state index in [2.05, 4.69) is 25.6 Å². The number of ether oxygens (including phenoxy) is 2. The van der Waals surface area contributed by atoms with E-state index in [1.807, 2.05) is 37.2 Å². The molecule has 2 aliphatic rings. The number of fused-ring (bicyclic) bond motifs is 2. The van der Waals surface area contributed by atoms with Crippen LogP contribution in [0.15, 0.2) is 18.3 Å². The third-order valence-corrected chi connectivity index (χ3v) is 5.60. The summed E-state index contributed by atoms with van der Waals surface area (Å²) in [5.41, 5.74) is 4.22. The predicted molar refractivity (Wildman–Crippen MR) is 114 cm³/mol. The zero-order valence-electron chi connectivity index (χ0n) is 17.0. The molecule has 0 radical (unpaired) electrons. The van der Waals surface area contributed by atoms with Gasteiger partial charge in [-0.25, -0.2) is 0 Å². The van der Waals surface area contributed by atoms with Crippen molar-refractivity contribution in [3.8, 4) is 5.75 Å². The number of benzene rings is 1. The highest BCUT2D eigenvalue weighted by Crippen LogP contribution is 2.38. The van der Waals surface area contributed by atoms with Crippen LogP contribution in [-0.2, 0) is 11.2 Å². The smallest absolute Gasteiger partial charge is 0.254 e. The van der Waals surface area contributed by atoms with Crippen LogP contribution in [-0.4, -0.2) is 65.7 Å². The van der Waals surface area contributed by atoms with Gasteiger partial charge in [0.25, 0.3) is 5.91 Å². The first kappa shape index (κ1) is 18.7. The van der Waals surface area contributed by atoms with Gasteiger partial charge in [-0.3, -0.25) is 4.79 Å². The van der Waals surface area contributed by atoms with Crippen molar-refractivity contribution >= 4 is 34.4 Å². The molecule has 1 fully saturated rings. The number of nitrogens with one attached hydrogen (secondary N) is 3. The first-order valence-electron chi connectivity index (χ1n) is 10.1. The molecule has 0 atom stereocenters. The molecule has 1 aromatic carbocycles. The molecule has 9 heteroatoms. The molecular weight excluding hydrogens is 384 g/mol. The standard InChI is InChI=1S/C21H24N6O3/c1-12-11-23-19-16(12)18(22-2)25-21(26-19)24-15-4-3-14(13-5-8-30-17(13)15)20(28)27-6-9-29-10-7-27/h3-4,11H,5-10H2,1-2H3,(H3,22,23,24,25,26). The monoisotopic (exact) mass is 408 g/mol. The maximum absolute atomic E-state index is 13.0. The topological polar surface area (TPSA) is 104 Å². The molecule has 3 N–H and O–H groups in total. The quantitative estimate of drug-likeness (QED) is 0.609. The lowest BCUT2D eigenvalue weighted by atomic mass is 10.0. The zero-order chi connectivity index (χ0) is 20.7. The number of anilines is 3. The normalized spacial score (nSPS) is 15.7. The minimum atomic E-state index is 0.0311. The number of carbonyl (C=O) groups is 1. The molecular formula is C21H24N6O3. The molecule has 0 aliphatic carbocycles. The molecule has 1 saturated heterocycles. The lowest BCUT2D eigenvalue weighted by Gasteiger charge is -2.27. The highest BCUT2D eigenvalue weighted by Gasteiger charge is 2.27. The van der Waals surface area contributed by atoms with E-state index in [1.54, 1.807) is 0 Å². The molecule has 30 heavy (non-hydrogen) atoms. The summed E-state index contributed by atoms with van der Waals surface area (Å²) in [7, 11) is 1.84. The summed E-state index contributed by atoms with van der Waals surface area (Å²) >= 11 is 0. The number of amides is 1. The van der Waals surface area contributed by atoms with Crippen LogP contribution in [0, 0.1) is 6.92 Å². The molecule has 1 amide bonds. The van der Waals surface area contributed by atoms with E-state index >= 15 is 0 Å². The van der Waals surface area contributed by atoms with E-state index in [-0.39, 0.29) is 5.91 Å². The Morgan fingerprint density at radius 2 is 2.03 bits per heavy atom. The Morgan fingerprint density at radius 1 is 1.20 bits per heavy atom. The van der Waals surface area contributed by atoms with Crippen LogP contribution in [0.1, 0.15) is 21.5 Å². The van der Waals surface area contributed by atoms with Gasteiger partial charge >= 0.3 is 0 Å². The van der Waals surface area contributed by atoms with E-state index in [0.29, 0.717) is 56.6 Å². The molecule has 5 rings (SSSR count). The van der Waals surface area contributed by atoms with Crippen LogP contribution in [0.2, 0.25) is 0 Å². The number of aromatic nitrogens is 3. The van der Waals surface area contributed by atoms with E-state index in [1.165, 1.54) is 0 Å². The molecule has 3 aromatic rings. The number of rotatable bonds is 4. The highest BCUT2D eigenvalue weighted by molar-refractivity contribution is 5.98. The number of hydrogen-bond donors (Lipinski definition) is 3. The molecule has 0 unspecified atom stereocenters. The van der Waals surface area contributed by atoms with Crippen molar-refractivity contribution in [2.45, 2.75) is 13.3 Å². The third-order valence-electron chi connectivity index (χ3n) is 5.60. The Hall–Kier alpha value is -3.33. The van der Waals surface area contributed by atoms with E-state index < -0.39 is 0 Å². The maximum atomic E-state index is 13.0. The van der Waals surface area contributed by atoms with Gasteiger partial charge < -0.3 is 30.0 Å². The first-order valence-corrected chi connectivity index (χ1v) is 10.1. The average molecular weight is 408 g/mol. The van der Waals surface area contributed by atoms with E-state index in [4.69, 9.17) is 9.47 Å². The summed E-state index contributed by atoms with van der Waals surface area (Å²) < 4.78 is 11.3. The van der Waals surface area contributed by atoms with Gasteiger partial charge in [-0.05, 0) is 24.6 Å². The number of carbonyl (C=O) groups excluding carboxylic acids is 1. The number of nitrogens with zero attached hydrogens (tertiary/aromatic N) is 3. The molecule has 2 aromatic heterocycles. The van der Waals surface area contributed by atoms with Crippen molar-refractivity contribution in [2.75, 3.05) is 50.6 Å². The fourth-order valence-corrected chi connectivity index (χ4v) is 4.08. The second kappa shape index (κ2) is 7.49. The van der Waals surface area contributed by atoms with Gasteiger partial charge in [-0.15, -0.1) is 0 Å². The Morgan fingerprint density at radius 3 is 2.83 bits per heavy atom. The van der Waals surface area contributed by atoms with Crippen LogP contribution in [0.4, 0.5) is 17.5 Å². The van der Waals surface area contributed by atoms with Gasteiger partial charge in [0.05, 0.1) is 30.9 Å². The fourth-order valence-electron chi connectivity index (χ4n) is 4.08. The van der Waals surface area contributed by atoms with Crippen molar-refractivity contribution in [2.24, 2.45) is 0 Å². The Kier molecular flexibility index (Phi) is 4.66. The van der Waals surface area contributed by atoms with Crippen LogP contribution >= 0.6 is 0 Å². The van der Waals surface area contributed by atoms with Gasteiger partial charge in [0, 0.05) is 43.9 Å². The molecule has 0 bridgehead atoms. The Bertz CT molecular complexity index is 1120. The van der Waals surface area contributed by atoms with Crippen molar-refractivity contribution in [1.29, 1.82) is 0 Å². The summed E-state index contributed by atoms with van der Waals surface area (Å²) in [6.07, 6.45) is 2.62. The summed E-state index contributed by atoms with van der Waals surface area (Å²) in [5.74, 6) is 1.94. The second-order valence-corrected chi connectivity index (χ2v) is 7.44. The Balaban J connectivity index is 1.48. The number of H-pyrrole nitrogens is 1. The Labute approximate surface area is 173 Å². The lowest BCUT2D eigenvalue weighted by Crippen LogP contribution is -2.41. The third kappa shape index (κ3) is 3.11. The van der Waals surface area contributed by atoms with E-state index in [0.717, 1.165) is 33.7 Å². The maximum Gasteiger partial charge on any atom is 0.254 e. The van der Waals surface area contributed by atoms with Gasteiger partial charge in [-0.1, -0.05) is 0 Å². The summed E-state index contributed by atoms with van der Waals surface area (Å²) in [6, 6.07) is 3.73. The second-order valence-electron chi connectivity index (χ2n) is 7.44. The number of hydrogen-bond acceptors (Lipinski definition) is 7. The van der Waals surface area contributed by atoms with Gasteiger partial charge in [0.2, 0.25) is 5.95 Å². The largest absolute Gasteiger partial charge is 0.491 e. The minimum absolute atomic E-state index is 0.0311. The zero-order valence-corrected chi connectivity index (χ0v) is 17.0. The van der Waals surface area contributed by atoms with Crippen LogP contribution in [0.3, 0.4) is 0 Å². The van der Waals surface area contributed by atoms with Gasteiger partial charge in [0.1, 0.15) is 17.2 Å². The number of morpholine rings is 1. The van der Waals surface area contributed by atoms with E-state index in [9.17, 15) is 4.79 Å². The van der Waals surface area contributed by atoms with Gasteiger partial charge in [0.15, 0.2) is 0 Å². The lowest BCUT2D eigenvalue weighted by molar-refractivity contribution is 0.0302. The molecule has 156 valence electrons. The van der Waals surface area contributed by atoms with Crippen molar-refractivity contribution in [3.05, 3.63) is 35.0 Å². The highest BCUT2D eigenvalue weighted by atomic mass is 16.5. The fraction of sp³-hybridized carbons (Fsp3) is 0.381. The van der Waals surface area contributed by atoms with Crippen LogP contribution < -0.4 is 15.4 Å². The predicted octanol–water partition coefficient (Wildman–Crippen LogP) is 2.46. The van der Waals surface area contributed by atoms with Crippen molar-refractivity contribution in [1.82, 2.24) is 19.9 Å². The molecule has 0 spiro atoms. The van der Waals surface area contributed by atoms with Crippen LogP contribution in [0.5, 0.6) is 5.75 Å². The molecule has 9 nitrogen and oxygen atoms in total. The molecule has 2 aliphatic heterocycles. The summed E-state index contributed by atoms with van der Waals surface area (Å²) in [5, 5.41) is 7.38. The average Bonchev–Trinajstić information content (AvgIpc) is 3.41. The minimum Gasteiger partial charge on any atom is -0.491 e. The van der Waals surface area contributed by atoms with Crippen molar-refractivity contribution < 1.29 is 14.3 Å². The summed E-state index contributed by atoms with van der Waals surface area (Å²) in [4.78, 5) is 27.2. The summed E-state index contributed by atoms with van der Waals surface area (Å²) in [6.45, 7) is 4.96. The first-order chi connectivity index (χ1) is 14.7. The molecule has 4 heterocycles. The van der Waals surface area contributed by atoms with Gasteiger partial charge in [-0.2, -0.15) is 9.97 Å². The van der Waals surface area contributed by atoms with Crippen LogP contribution in [0.25, 0.3) is 11.0 Å². The number of aromatic amines is 1. The SMILES string of the molecule is CNc1nc(Nc2ccc(C(=O)N3CCOCC3)c3c2OCC3)nc2[nH]cc(C)c12. The number of aryl methyl sites for hydroxylation is 1. The van der Waals surface area contributed by atoms with Crippen molar-refractivity contribution in [3.63, 3.8) is 0 Å².